The van der Waals surface area contributed by atoms with Crippen LogP contribution in [0.5, 0.6) is 0 Å². The SMILES string of the molecule is CC1CCCN(S(=O)(=O)c2ccccc2S(=O)(=O)Cl)C1. The van der Waals surface area contributed by atoms with Gasteiger partial charge in [-0.05, 0) is 30.9 Å². The standard InChI is InChI=1S/C12H16ClNO4S2/c1-10-5-4-8-14(9-10)20(17,18)12-7-3-2-6-11(12)19(13,15)16/h2-3,6-7,10H,4-5,8-9H2,1H3. The molecule has 1 aliphatic heterocycles. The number of benzene rings is 1. The van der Waals surface area contributed by atoms with Crippen molar-refractivity contribution in [3.63, 3.8) is 0 Å². The van der Waals surface area contributed by atoms with Crippen molar-refractivity contribution in [2.45, 2.75) is 29.6 Å². The summed E-state index contributed by atoms with van der Waals surface area (Å²) in [5, 5.41) is 0. The maximum atomic E-state index is 12.6. The third kappa shape index (κ3) is 3.16. The molecule has 1 fully saturated rings. The molecule has 1 heterocycles. The Morgan fingerprint density at radius 2 is 1.75 bits per heavy atom. The molecule has 1 unspecified atom stereocenters. The first kappa shape index (κ1) is 15.8. The van der Waals surface area contributed by atoms with Crippen LogP contribution < -0.4 is 0 Å². The first-order valence-electron chi connectivity index (χ1n) is 6.27. The number of hydrogen-bond donors (Lipinski definition) is 0. The lowest BCUT2D eigenvalue weighted by Crippen LogP contribution is -2.39. The van der Waals surface area contributed by atoms with Crippen LogP contribution in [0.15, 0.2) is 34.1 Å². The van der Waals surface area contributed by atoms with E-state index < -0.39 is 19.1 Å². The van der Waals surface area contributed by atoms with Crippen LogP contribution in [0.3, 0.4) is 0 Å². The lowest BCUT2D eigenvalue weighted by atomic mass is 10.0. The molecule has 0 aliphatic carbocycles. The fourth-order valence-corrected chi connectivity index (χ4v) is 5.77. The van der Waals surface area contributed by atoms with E-state index in [1.54, 1.807) is 0 Å². The molecule has 0 aromatic heterocycles. The van der Waals surface area contributed by atoms with Gasteiger partial charge in [0.15, 0.2) is 0 Å². The van der Waals surface area contributed by atoms with Gasteiger partial charge in [0.1, 0.15) is 9.79 Å². The predicted molar refractivity (Wildman–Crippen MR) is 76.6 cm³/mol. The second kappa shape index (κ2) is 5.63. The summed E-state index contributed by atoms with van der Waals surface area (Å²) in [5.74, 6) is 0.262. The highest BCUT2D eigenvalue weighted by Gasteiger charge is 2.32. The minimum atomic E-state index is -4.10. The van der Waals surface area contributed by atoms with Crippen LogP contribution in [-0.2, 0) is 19.1 Å². The largest absolute Gasteiger partial charge is 0.262 e. The molecule has 0 saturated carbocycles. The van der Waals surface area contributed by atoms with Crippen LogP contribution in [0.2, 0.25) is 0 Å². The summed E-state index contributed by atoms with van der Waals surface area (Å²) in [5.41, 5.74) is 0. The van der Waals surface area contributed by atoms with Crippen molar-refractivity contribution in [1.82, 2.24) is 4.31 Å². The molecule has 20 heavy (non-hydrogen) atoms. The molecule has 0 bridgehead atoms. The molecule has 0 N–H and O–H groups in total. The second-order valence-electron chi connectivity index (χ2n) is 5.00. The number of halogens is 1. The molecular weight excluding hydrogens is 322 g/mol. The number of piperidine rings is 1. The zero-order valence-corrected chi connectivity index (χ0v) is 13.4. The molecule has 2 rings (SSSR count). The van der Waals surface area contributed by atoms with Crippen LogP contribution in [0, 0.1) is 5.92 Å². The predicted octanol–water partition coefficient (Wildman–Crippen LogP) is 2.03. The van der Waals surface area contributed by atoms with Crippen LogP contribution in [0.25, 0.3) is 0 Å². The quantitative estimate of drug-likeness (QED) is 0.791. The summed E-state index contributed by atoms with van der Waals surface area (Å²) in [4.78, 5) is -0.607. The Morgan fingerprint density at radius 3 is 2.30 bits per heavy atom. The zero-order chi connectivity index (χ0) is 15.0. The van der Waals surface area contributed by atoms with Crippen molar-refractivity contribution < 1.29 is 16.8 Å². The minimum Gasteiger partial charge on any atom is -0.207 e. The second-order valence-corrected chi connectivity index (χ2v) is 9.44. The molecule has 0 spiro atoms. The van der Waals surface area contributed by atoms with E-state index in [2.05, 4.69) is 0 Å². The van der Waals surface area contributed by atoms with E-state index in [0.717, 1.165) is 12.8 Å². The monoisotopic (exact) mass is 337 g/mol. The van der Waals surface area contributed by atoms with Crippen molar-refractivity contribution in [3.8, 4) is 0 Å². The average molecular weight is 338 g/mol. The average Bonchev–Trinajstić information content (AvgIpc) is 2.38. The van der Waals surface area contributed by atoms with Crippen molar-refractivity contribution in [1.29, 1.82) is 0 Å². The highest BCUT2D eigenvalue weighted by molar-refractivity contribution is 8.14. The van der Waals surface area contributed by atoms with Gasteiger partial charge in [0.2, 0.25) is 10.0 Å². The summed E-state index contributed by atoms with van der Waals surface area (Å²) in [6.45, 7) is 2.79. The van der Waals surface area contributed by atoms with Gasteiger partial charge in [-0.3, -0.25) is 0 Å². The maximum absolute atomic E-state index is 12.6. The van der Waals surface area contributed by atoms with Crippen LogP contribution in [-0.4, -0.2) is 34.2 Å². The molecule has 1 aromatic carbocycles. The fraction of sp³-hybridized carbons (Fsp3) is 0.500. The Bertz CT molecular complexity index is 700. The van der Waals surface area contributed by atoms with Crippen LogP contribution in [0.1, 0.15) is 19.8 Å². The highest BCUT2D eigenvalue weighted by Crippen LogP contribution is 2.29. The summed E-state index contributed by atoms with van der Waals surface area (Å²) >= 11 is 0. The van der Waals surface area contributed by atoms with Gasteiger partial charge >= 0.3 is 0 Å². The third-order valence-corrected chi connectivity index (χ3v) is 6.78. The third-order valence-electron chi connectivity index (χ3n) is 3.35. The molecule has 112 valence electrons. The van der Waals surface area contributed by atoms with E-state index >= 15 is 0 Å². The van der Waals surface area contributed by atoms with Crippen LogP contribution in [0.4, 0.5) is 0 Å². The van der Waals surface area contributed by atoms with E-state index in [1.807, 2.05) is 6.92 Å². The Hall–Kier alpha value is -0.630. The van der Waals surface area contributed by atoms with Crippen LogP contribution >= 0.6 is 10.7 Å². The zero-order valence-electron chi connectivity index (χ0n) is 11.0. The first-order chi connectivity index (χ1) is 9.23. The number of sulfonamides is 1. The van der Waals surface area contributed by atoms with Gasteiger partial charge in [0, 0.05) is 23.8 Å². The molecule has 1 saturated heterocycles. The topological polar surface area (TPSA) is 71.5 Å². The highest BCUT2D eigenvalue weighted by atomic mass is 35.7. The van der Waals surface area contributed by atoms with Gasteiger partial charge in [-0.15, -0.1) is 0 Å². The first-order valence-corrected chi connectivity index (χ1v) is 10.0. The van der Waals surface area contributed by atoms with Crippen molar-refractivity contribution in [3.05, 3.63) is 24.3 Å². The maximum Gasteiger partial charge on any atom is 0.262 e. The van der Waals surface area contributed by atoms with Gasteiger partial charge in [-0.25, -0.2) is 16.8 Å². The Morgan fingerprint density at radius 1 is 1.15 bits per heavy atom. The summed E-state index contributed by atoms with van der Waals surface area (Å²) in [6.07, 6.45) is 1.75. The summed E-state index contributed by atoms with van der Waals surface area (Å²) < 4.78 is 49.6. The van der Waals surface area contributed by atoms with E-state index in [-0.39, 0.29) is 15.7 Å². The smallest absolute Gasteiger partial charge is 0.207 e. The van der Waals surface area contributed by atoms with Gasteiger partial charge < -0.3 is 0 Å². The lowest BCUT2D eigenvalue weighted by Gasteiger charge is -2.30. The number of hydrogen-bond acceptors (Lipinski definition) is 4. The molecule has 0 amide bonds. The number of nitrogens with zero attached hydrogens (tertiary/aromatic N) is 1. The Balaban J connectivity index is 2.50. The number of rotatable bonds is 3. The Kier molecular flexibility index (Phi) is 4.44. The molecule has 5 nitrogen and oxygen atoms in total. The fourth-order valence-electron chi connectivity index (χ4n) is 2.37. The summed E-state index contributed by atoms with van der Waals surface area (Å²) in [6, 6.07) is 5.44. The normalized spacial score (nSPS) is 21.8. The van der Waals surface area contributed by atoms with E-state index in [1.165, 1.54) is 28.6 Å². The van der Waals surface area contributed by atoms with Gasteiger partial charge in [0.05, 0.1) is 0 Å². The molecule has 1 atom stereocenters. The van der Waals surface area contributed by atoms with Gasteiger partial charge in [-0.2, -0.15) is 4.31 Å². The van der Waals surface area contributed by atoms with E-state index in [0.29, 0.717) is 13.1 Å². The van der Waals surface area contributed by atoms with Crippen molar-refractivity contribution >= 4 is 29.8 Å². The Labute approximate surface area is 124 Å². The summed E-state index contributed by atoms with van der Waals surface area (Å²) in [7, 11) is -2.61. The molecular formula is C12H16ClNO4S2. The van der Waals surface area contributed by atoms with Gasteiger partial charge in [0.25, 0.3) is 9.05 Å². The van der Waals surface area contributed by atoms with Crippen molar-refractivity contribution in [2.24, 2.45) is 5.92 Å². The van der Waals surface area contributed by atoms with Gasteiger partial charge in [-0.1, -0.05) is 19.1 Å². The molecule has 1 aliphatic rings. The molecule has 0 radical (unpaired) electrons. The molecule has 1 aromatic rings. The van der Waals surface area contributed by atoms with E-state index in [4.69, 9.17) is 10.7 Å². The molecule has 8 heteroatoms. The lowest BCUT2D eigenvalue weighted by molar-refractivity contribution is 0.281. The van der Waals surface area contributed by atoms with E-state index in [9.17, 15) is 16.8 Å². The minimum absolute atomic E-state index is 0.246. The van der Waals surface area contributed by atoms with Crippen molar-refractivity contribution in [2.75, 3.05) is 13.1 Å².